The Morgan fingerprint density at radius 2 is 0.818 bits per heavy atom. The van der Waals surface area contributed by atoms with E-state index in [4.69, 9.17) is 29.5 Å². The first-order valence-electron chi connectivity index (χ1n) is 8.13. The van der Waals surface area contributed by atoms with Crippen molar-refractivity contribution in [2.75, 3.05) is 79.1 Å². The fourth-order valence-corrected chi connectivity index (χ4v) is 1.72. The molecule has 0 unspecified atom stereocenters. The van der Waals surface area contributed by atoms with E-state index in [9.17, 15) is 0 Å². The lowest BCUT2D eigenvalue weighted by Gasteiger charge is -2.22. The molecule has 0 heterocycles. The number of aliphatic hydroxyl groups is 3. The molecule has 0 atom stereocenters. The van der Waals surface area contributed by atoms with Crippen LogP contribution in [0.4, 0.5) is 0 Å². The first kappa shape index (κ1) is 21.7. The molecule has 0 aromatic heterocycles. The van der Waals surface area contributed by atoms with Crippen molar-refractivity contribution in [3.63, 3.8) is 0 Å². The second kappa shape index (κ2) is 18.8. The minimum absolute atomic E-state index is 0.154. The first-order chi connectivity index (χ1) is 10.8. The minimum Gasteiger partial charge on any atom is -0.396 e. The lowest BCUT2D eigenvalue weighted by Crippen LogP contribution is -2.34. The standard InChI is InChI=1S/C15H33NO6/c17-7-1-10-20-13-4-16(5-14-21-11-2-8-18)6-15-22-12-3-9-19/h17-19H,1-15H2. The van der Waals surface area contributed by atoms with Gasteiger partial charge < -0.3 is 29.5 Å². The van der Waals surface area contributed by atoms with Gasteiger partial charge in [0.1, 0.15) is 0 Å². The van der Waals surface area contributed by atoms with Crippen LogP contribution in [0.2, 0.25) is 0 Å². The highest BCUT2D eigenvalue weighted by molar-refractivity contribution is 4.57. The van der Waals surface area contributed by atoms with Gasteiger partial charge in [-0.3, -0.25) is 4.90 Å². The molecular formula is C15H33NO6. The van der Waals surface area contributed by atoms with Crippen molar-refractivity contribution in [3.05, 3.63) is 0 Å². The monoisotopic (exact) mass is 323 g/mol. The molecule has 0 saturated carbocycles. The van der Waals surface area contributed by atoms with E-state index in [1.807, 2.05) is 0 Å². The van der Waals surface area contributed by atoms with Crippen molar-refractivity contribution in [3.8, 4) is 0 Å². The molecular weight excluding hydrogens is 290 g/mol. The Bertz CT molecular complexity index is 175. The topological polar surface area (TPSA) is 91.6 Å². The average molecular weight is 323 g/mol. The zero-order chi connectivity index (χ0) is 16.3. The summed E-state index contributed by atoms with van der Waals surface area (Å²) in [5.41, 5.74) is 0. The molecule has 0 bridgehead atoms. The summed E-state index contributed by atoms with van der Waals surface area (Å²) in [5.74, 6) is 0. The van der Waals surface area contributed by atoms with Crippen molar-refractivity contribution in [1.82, 2.24) is 4.90 Å². The molecule has 22 heavy (non-hydrogen) atoms. The highest BCUT2D eigenvalue weighted by atomic mass is 16.5. The largest absolute Gasteiger partial charge is 0.396 e. The van der Waals surface area contributed by atoms with E-state index in [1.165, 1.54) is 0 Å². The summed E-state index contributed by atoms with van der Waals surface area (Å²) in [7, 11) is 0. The maximum absolute atomic E-state index is 8.69. The van der Waals surface area contributed by atoms with Gasteiger partial charge in [0, 0.05) is 59.3 Å². The van der Waals surface area contributed by atoms with Gasteiger partial charge >= 0.3 is 0 Å². The summed E-state index contributed by atoms with van der Waals surface area (Å²) >= 11 is 0. The molecule has 0 aromatic carbocycles. The van der Waals surface area contributed by atoms with Crippen molar-refractivity contribution in [1.29, 1.82) is 0 Å². The molecule has 134 valence electrons. The summed E-state index contributed by atoms with van der Waals surface area (Å²) in [4.78, 5) is 2.21. The predicted octanol–water partition coefficient (Wildman–Crippen LogP) is -0.515. The van der Waals surface area contributed by atoms with E-state index in [0.717, 1.165) is 19.6 Å². The number of rotatable bonds is 18. The van der Waals surface area contributed by atoms with E-state index < -0.39 is 0 Å². The van der Waals surface area contributed by atoms with Gasteiger partial charge in [0.25, 0.3) is 0 Å². The van der Waals surface area contributed by atoms with Crippen molar-refractivity contribution >= 4 is 0 Å². The molecule has 7 heteroatoms. The molecule has 0 rings (SSSR count). The highest BCUT2D eigenvalue weighted by Crippen LogP contribution is 1.93. The second-order valence-electron chi connectivity index (χ2n) is 4.91. The first-order valence-corrected chi connectivity index (χ1v) is 8.13. The summed E-state index contributed by atoms with van der Waals surface area (Å²) in [5, 5.41) is 26.1. The Labute approximate surface area is 133 Å². The fraction of sp³-hybridized carbons (Fsp3) is 1.00. The van der Waals surface area contributed by atoms with E-state index in [0.29, 0.717) is 58.9 Å². The van der Waals surface area contributed by atoms with Crippen LogP contribution in [-0.4, -0.2) is 99.3 Å². The Hall–Kier alpha value is -0.280. The molecule has 0 aliphatic heterocycles. The molecule has 0 saturated heterocycles. The summed E-state index contributed by atoms with van der Waals surface area (Å²) in [6, 6.07) is 0. The van der Waals surface area contributed by atoms with Gasteiger partial charge in [-0.2, -0.15) is 0 Å². The third-order valence-corrected chi connectivity index (χ3v) is 3.00. The molecule has 0 fully saturated rings. The molecule has 0 spiro atoms. The Morgan fingerprint density at radius 1 is 0.500 bits per heavy atom. The second-order valence-corrected chi connectivity index (χ2v) is 4.91. The van der Waals surface area contributed by atoms with E-state index >= 15 is 0 Å². The van der Waals surface area contributed by atoms with Gasteiger partial charge in [0.05, 0.1) is 19.8 Å². The zero-order valence-electron chi connectivity index (χ0n) is 13.6. The molecule has 0 aromatic rings. The number of hydrogen-bond donors (Lipinski definition) is 3. The summed E-state index contributed by atoms with van der Waals surface area (Å²) < 4.78 is 16.3. The summed E-state index contributed by atoms with van der Waals surface area (Å²) in [6.45, 7) is 6.41. The van der Waals surface area contributed by atoms with Gasteiger partial charge in [-0.05, 0) is 19.3 Å². The Kier molecular flexibility index (Phi) is 18.5. The normalized spacial score (nSPS) is 11.5. The van der Waals surface area contributed by atoms with Crippen LogP contribution in [0.1, 0.15) is 19.3 Å². The Morgan fingerprint density at radius 3 is 1.09 bits per heavy atom. The average Bonchev–Trinajstić information content (AvgIpc) is 2.53. The highest BCUT2D eigenvalue weighted by Gasteiger charge is 2.05. The van der Waals surface area contributed by atoms with Crippen LogP contribution in [0.15, 0.2) is 0 Å². The quantitative estimate of drug-likeness (QED) is 0.293. The van der Waals surface area contributed by atoms with Gasteiger partial charge in [-0.1, -0.05) is 0 Å². The van der Waals surface area contributed by atoms with Crippen molar-refractivity contribution in [2.45, 2.75) is 19.3 Å². The molecule has 3 N–H and O–H groups in total. The van der Waals surface area contributed by atoms with E-state index in [1.54, 1.807) is 0 Å². The summed E-state index contributed by atoms with van der Waals surface area (Å²) in [6.07, 6.45) is 1.98. The lowest BCUT2D eigenvalue weighted by atomic mass is 10.4. The van der Waals surface area contributed by atoms with Gasteiger partial charge in [0.2, 0.25) is 0 Å². The van der Waals surface area contributed by atoms with Crippen LogP contribution < -0.4 is 0 Å². The fourth-order valence-electron chi connectivity index (χ4n) is 1.72. The van der Waals surface area contributed by atoms with Crippen LogP contribution in [0.5, 0.6) is 0 Å². The molecule has 0 aliphatic carbocycles. The van der Waals surface area contributed by atoms with E-state index in [2.05, 4.69) is 4.90 Å². The lowest BCUT2D eigenvalue weighted by molar-refractivity contribution is 0.0455. The third-order valence-electron chi connectivity index (χ3n) is 3.00. The van der Waals surface area contributed by atoms with Crippen LogP contribution in [0, 0.1) is 0 Å². The van der Waals surface area contributed by atoms with E-state index in [-0.39, 0.29) is 19.8 Å². The van der Waals surface area contributed by atoms with Crippen LogP contribution in [-0.2, 0) is 14.2 Å². The van der Waals surface area contributed by atoms with Gasteiger partial charge in [-0.15, -0.1) is 0 Å². The number of hydrogen-bond acceptors (Lipinski definition) is 7. The van der Waals surface area contributed by atoms with Crippen molar-refractivity contribution < 1.29 is 29.5 Å². The maximum atomic E-state index is 8.69. The molecule has 7 nitrogen and oxygen atoms in total. The molecule has 0 radical (unpaired) electrons. The van der Waals surface area contributed by atoms with Gasteiger partial charge in [-0.25, -0.2) is 0 Å². The number of aliphatic hydroxyl groups excluding tert-OH is 3. The van der Waals surface area contributed by atoms with Crippen molar-refractivity contribution in [2.24, 2.45) is 0 Å². The number of ether oxygens (including phenoxy) is 3. The van der Waals surface area contributed by atoms with Crippen LogP contribution in [0.25, 0.3) is 0 Å². The minimum atomic E-state index is 0.154. The Balaban J connectivity index is 3.72. The number of nitrogens with zero attached hydrogens (tertiary/aromatic N) is 1. The zero-order valence-corrected chi connectivity index (χ0v) is 13.6. The van der Waals surface area contributed by atoms with Crippen LogP contribution >= 0.6 is 0 Å². The third kappa shape index (κ3) is 16.1. The molecule has 0 amide bonds. The SMILES string of the molecule is OCCCOCCN(CCOCCCO)CCOCCCO. The smallest absolute Gasteiger partial charge is 0.0593 e. The van der Waals surface area contributed by atoms with Crippen LogP contribution in [0.3, 0.4) is 0 Å². The molecule has 0 aliphatic rings. The predicted molar refractivity (Wildman–Crippen MR) is 84.0 cm³/mol. The maximum Gasteiger partial charge on any atom is 0.0593 e. The van der Waals surface area contributed by atoms with Gasteiger partial charge in [0.15, 0.2) is 0 Å².